The highest BCUT2D eigenvalue weighted by Crippen LogP contribution is 2.19. The Kier molecular flexibility index (Phi) is 3.57. The second-order valence-electron chi connectivity index (χ2n) is 3.96. The fraction of sp³-hybridized carbons (Fsp3) is 0.188. The molecule has 84 valence electrons. The Hall–Kier alpha value is -2.07. The molecule has 0 N–H and O–H groups in total. The van der Waals surface area contributed by atoms with E-state index in [4.69, 9.17) is 0 Å². The minimum atomic E-state index is 0.177. The Bertz CT molecular complexity index is 594. The molecule has 0 aliphatic carbocycles. The molecule has 0 saturated carbocycles. The van der Waals surface area contributed by atoms with Gasteiger partial charge in [0.25, 0.3) is 0 Å². The van der Waals surface area contributed by atoms with E-state index in [1.54, 1.807) is 6.92 Å². The van der Waals surface area contributed by atoms with E-state index in [0.29, 0.717) is 12.8 Å². The normalized spacial score (nSPS) is 9.71. The molecule has 0 aliphatic rings. The maximum Gasteiger partial charge on any atom is 0.149 e. The third kappa shape index (κ3) is 2.73. The minimum absolute atomic E-state index is 0.177. The molecule has 17 heavy (non-hydrogen) atoms. The quantitative estimate of drug-likeness (QED) is 0.728. The largest absolute Gasteiger partial charge is 0.298 e. The van der Waals surface area contributed by atoms with Crippen molar-refractivity contribution in [2.24, 2.45) is 0 Å². The van der Waals surface area contributed by atoms with E-state index < -0.39 is 0 Å². The Labute approximate surface area is 101 Å². The van der Waals surface area contributed by atoms with Crippen molar-refractivity contribution < 1.29 is 4.79 Å². The van der Waals surface area contributed by atoms with Crippen LogP contribution in [0, 0.1) is 11.8 Å². The van der Waals surface area contributed by atoms with Gasteiger partial charge in [0.05, 0.1) is 6.42 Å². The molecule has 0 aromatic heterocycles. The van der Waals surface area contributed by atoms with Crippen LogP contribution in [-0.2, 0) is 11.2 Å². The lowest BCUT2D eigenvalue weighted by molar-refractivity contribution is -0.117. The SMILES string of the molecule is CC#CCC(=O)Cc1cccc2ccccc12. The lowest BCUT2D eigenvalue weighted by Gasteiger charge is -2.04. The van der Waals surface area contributed by atoms with E-state index >= 15 is 0 Å². The molecular weight excluding hydrogens is 208 g/mol. The standard InChI is InChI=1S/C16H14O/c1-2-3-10-15(17)12-14-9-6-8-13-7-4-5-11-16(13)14/h4-9,11H,10,12H2,1H3. The zero-order valence-electron chi connectivity index (χ0n) is 9.86. The molecule has 0 radical (unpaired) electrons. The highest BCUT2D eigenvalue weighted by atomic mass is 16.1. The van der Waals surface area contributed by atoms with E-state index in [0.717, 1.165) is 10.9 Å². The van der Waals surface area contributed by atoms with Crippen LogP contribution < -0.4 is 0 Å². The number of Topliss-reactive ketones (excluding diaryl/α,β-unsaturated/α-hetero) is 1. The van der Waals surface area contributed by atoms with Gasteiger partial charge in [0.2, 0.25) is 0 Å². The van der Waals surface area contributed by atoms with Crippen molar-refractivity contribution >= 4 is 16.6 Å². The lowest BCUT2D eigenvalue weighted by atomic mass is 10.00. The number of fused-ring (bicyclic) bond motifs is 1. The summed E-state index contributed by atoms with van der Waals surface area (Å²) in [5, 5.41) is 2.34. The summed E-state index contributed by atoms with van der Waals surface area (Å²) in [4.78, 5) is 11.7. The number of rotatable bonds is 3. The smallest absolute Gasteiger partial charge is 0.149 e. The van der Waals surface area contributed by atoms with Crippen molar-refractivity contribution in [1.29, 1.82) is 0 Å². The fourth-order valence-corrected chi connectivity index (χ4v) is 1.91. The first-order valence-corrected chi connectivity index (χ1v) is 5.69. The molecular formula is C16H14O. The summed E-state index contributed by atoms with van der Waals surface area (Å²) in [5.41, 5.74) is 1.09. The molecule has 2 rings (SSSR count). The second-order valence-corrected chi connectivity index (χ2v) is 3.96. The van der Waals surface area contributed by atoms with Gasteiger partial charge in [-0.25, -0.2) is 0 Å². The highest BCUT2D eigenvalue weighted by molar-refractivity contribution is 5.91. The number of carbonyl (C=O) groups is 1. The topological polar surface area (TPSA) is 17.1 Å². The summed E-state index contributed by atoms with van der Waals surface area (Å²) in [7, 11) is 0. The van der Waals surface area contributed by atoms with Gasteiger partial charge < -0.3 is 0 Å². The van der Waals surface area contributed by atoms with Crippen molar-refractivity contribution in [2.75, 3.05) is 0 Å². The lowest BCUT2D eigenvalue weighted by Crippen LogP contribution is -2.01. The van der Waals surface area contributed by atoms with Crippen LogP contribution in [0.15, 0.2) is 42.5 Å². The van der Waals surface area contributed by atoms with Crippen molar-refractivity contribution in [3.8, 4) is 11.8 Å². The molecule has 2 aromatic carbocycles. The predicted octanol–water partition coefficient (Wildman–Crippen LogP) is 3.36. The Morgan fingerprint density at radius 1 is 1.12 bits per heavy atom. The number of ketones is 1. The minimum Gasteiger partial charge on any atom is -0.298 e. The Morgan fingerprint density at radius 3 is 2.71 bits per heavy atom. The predicted molar refractivity (Wildman–Crippen MR) is 70.7 cm³/mol. The van der Waals surface area contributed by atoms with Crippen LogP contribution in [0.1, 0.15) is 18.9 Å². The van der Waals surface area contributed by atoms with Crippen LogP contribution in [0.2, 0.25) is 0 Å². The van der Waals surface area contributed by atoms with E-state index in [9.17, 15) is 4.79 Å². The first-order valence-electron chi connectivity index (χ1n) is 5.69. The maximum atomic E-state index is 11.7. The van der Waals surface area contributed by atoms with Gasteiger partial charge in [-0.3, -0.25) is 4.79 Å². The van der Waals surface area contributed by atoms with Gasteiger partial charge in [-0.2, -0.15) is 0 Å². The van der Waals surface area contributed by atoms with Crippen LogP contribution in [0.5, 0.6) is 0 Å². The van der Waals surface area contributed by atoms with Crippen LogP contribution in [0.3, 0.4) is 0 Å². The van der Waals surface area contributed by atoms with Crippen LogP contribution in [0.4, 0.5) is 0 Å². The summed E-state index contributed by atoms with van der Waals surface area (Å²) < 4.78 is 0. The number of benzene rings is 2. The molecule has 1 heteroatoms. The summed E-state index contributed by atoms with van der Waals surface area (Å²) in [6, 6.07) is 14.2. The fourth-order valence-electron chi connectivity index (χ4n) is 1.91. The average molecular weight is 222 g/mol. The molecule has 0 unspecified atom stereocenters. The van der Waals surface area contributed by atoms with E-state index in [1.165, 1.54) is 5.39 Å². The van der Waals surface area contributed by atoms with Gasteiger partial charge in [-0.1, -0.05) is 48.4 Å². The van der Waals surface area contributed by atoms with Gasteiger partial charge in [0, 0.05) is 6.42 Å². The molecule has 0 amide bonds. The van der Waals surface area contributed by atoms with Gasteiger partial charge >= 0.3 is 0 Å². The maximum absolute atomic E-state index is 11.7. The molecule has 2 aromatic rings. The molecule has 0 aliphatic heterocycles. The zero-order valence-corrected chi connectivity index (χ0v) is 9.86. The van der Waals surface area contributed by atoms with Crippen LogP contribution >= 0.6 is 0 Å². The van der Waals surface area contributed by atoms with Gasteiger partial charge in [0.1, 0.15) is 5.78 Å². The Balaban J connectivity index is 2.29. The summed E-state index contributed by atoms with van der Waals surface area (Å²) >= 11 is 0. The molecule has 1 nitrogen and oxygen atoms in total. The van der Waals surface area contributed by atoms with E-state index in [1.807, 2.05) is 24.3 Å². The van der Waals surface area contributed by atoms with Crippen molar-refractivity contribution in [3.05, 3.63) is 48.0 Å². The number of hydrogen-bond acceptors (Lipinski definition) is 1. The number of carbonyl (C=O) groups excluding carboxylic acids is 1. The molecule has 0 atom stereocenters. The monoisotopic (exact) mass is 222 g/mol. The summed E-state index contributed by atoms with van der Waals surface area (Å²) in [6.45, 7) is 1.76. The van der Waals surface area contributed by atoms with Gasteiger partial charge in [-0.05, 0) is 23.3 Å². The Morgan fingerprint density at radius 2 is 1.88 bits per heavy atom. The molecule has 0 fully saturated rings. The summed E-state index contributed by atoms with van der Waals surface area (Å²) in [6.07, 6.45) is 0.815. The van der Waals surface area contributed by atoms with E-state index in [2.05, 4.69) is 30.0 Å². The van der Waals surface area contributed by atoms with Crippen LogP contribution in [0.25, 0.3) is 10.8 Å². The molecule has 0 bridgehead atoms. The molecule has 0 heterocycles. The number of hydrogen-bond donors (Lipinski definition) is 0. The van der Waals surface area contributed by atoms with Crippen molar-refractivity contribution in [2.45, 2.75) is 19.8 Å². The van der Waals surface area contributed by atoms with Gasteiger partial charge in [0.15, 0.2) is 0 Å². The molecule has 0 saturated heterocycles. The first-order chi connectivity index (χ1) is 8.31. The zero-order chi connectivity index (χ0) is 12.1. The average Bonchev–Trinajstić information content (AvgIpc) is 2.37. The third-order valence-corrected chi connectivity index (χ3v) is 2.73. The van der Waals surface area contributed by atoms with Crippen LogP contribution in [-0.4, -0.2) is 5.78 Å². The first kappa shape index (κ1) is 11.4. The highest BCUT2D eigenvalue weighted by Gasteiger charge is 2.05. The van der Waals surface area contributed by atoms with E-state index in [-0.39, 0.29) is 5.78 Å². The molecule has 0 spiro atoms. The van der Waals surface area contributed by atoms with Crippen molar-refractivity contribution in [3.63, 3.8) is 0 Å². The second kappa shape index (κ2) is 5.32. The van der Waals surface area contributed by atoms with Crippen molar-refractivity contribution in [1.82, 2.24) is 0 Å². The third-order valence-electron chi connectivity index (χ3n) is 2.73. The van der Waals surface area contributed by atoms with Gasteiger partial charge in [-0.15, -0.1) is 5.92 Å². The summed E-state index contributed by atoms with van der Waals surface area (Å²) in [5.74, 6) is 5.74.